The molecule has 0 saturated heterocycles. The van der Waals surface area contributed by atoms with E-state index in [0.717, 1.165) is 20.3 Å². The normalized spacial score (nSPS) is 11.6. The molecule has 0 aliphatic rings. The van der Waals surface area contributed by atoms with Crippen molar-refractivity contribution in [2.75, 3.05) is 0 Å². The lowest BCUT2D eigenvalue weighted by molar-refractivity contribution is -0.117. The lowest BCUT2D eigenvalue weighted by atomic mass is 10.1. The van der Waals surface area contributed by atoms with Crippen LogP contribution >= 0.6 is 27.3 Å². The van der Waals surface area contributed by atoms with Gasteiger partial charge in [-0.3, -0.25) is 4.79 Å². The monoisotopic (exact) mass is 398 g/mol. The highest BCUT2D eigenvalue weighted by Crippen LogP contribution is 2.22. The Morgan fingerprint density at radius 3 is 2.75 bits per heavy atom. The number of aryl methyl sites for hydroxylation is 1. The molecule has 5 heteroatoms. The predicted octanol–water partition coefficient (Wildman–Crippen LogP) is 4.08. The van der Waals surface area contributed by atoms with E-state index in [-0.39, 0.29) is 12.3 Å². The lowest BCUT2D eigenvalue weighted by Crippen LogP contribution is -2.17. The third-order valence-corrected chi connectivity index (χ3v) is 5.12. The average molecular weight is 399 g/mol. The Bertz CT molecular complexity index is 1010. The summed E-state index contributed by atoms with van der Waals surface area (Å²) in [5.74, 6) is 2.46. The first-order chi connectivity index (χ1) is 11.6. The fraction of sp³-hybridized carbons (Fsp3) is 0.158. The second-order valence-electron chi connectivity index (χ2n) is 5.45. The van der Waals surface area contributed by atoms with Crippen molar-refractivity contribution in [2.45, 2.75) is 19.9 Å². The number of carbonyl (C=O) groups is 1. The number of rotatable bonds is 3. The maximum atomic E-state index is 12.3. The van der Waals surface area contributed by atoms with E-state index in [1.54, 1.807) is 0 Å². The molecular formula is C19H15BrN2OS. The molecule has 2 aromatic carbocycles. The molecule has 0 N–H and O–H groups in total. The van der Waals surface area contributed by atoms with Crippen molar-refractivity contribution in [3.8, 4) is 12.3 Å². The van der Waals surface area contributed by atoms with Crippen LogP contribution in [-0.2, 0) is 17.8 Å². The summed E-state index contributed by atoms with van der Waals surface area (Å²) < 4.78 is 3.93. The van der Waals surface area contributed by atoms with E-state index in [2.05, 4.69) is 26.8 Å². The molecule has 120 valence electrons. The number of thiazole rings is 1. The van der Waals surface area contributed by atoms with Gasteiger partial charge in [0.2, 0.25) is 0 Å². The Morgan fingerprint density at radius 2 is 2.04 bits per heavy atom. The lowest BCUT2D eigenvalue weighted by Gasteiger charge is -2.00. The van der Waals surface area contributed by atoms with Crippen LogP contribution in [0.5, 0.6) is 0 Å². The fourth-order valence-corrected chi connectivity index (χ4v) is 4.00. The summed E-state index contributed by atoms with van der Waals surface area (Å²) in [6, 6.07) is 13.9. The number of hydrogen-bond donors (Lipinski definition) is 0. The number of nitrogens with zero attached hydrogens (tertiary/aromatic N) is 2. The highest BCUT2D eigenvalue weighted by atomic mass is 79.9. The zero-order chi connectivity index (χ0) is 17.1. The van der Waals surface area contributed by atoms with Crippen LogP contribution < -0.4 is 4.80 Å². The van der Waals surface area contributed by atoms with Gasteiger partial charge in [0.1, 0.15) is 0 Å². The number of terminal acetylenes is 1. The van der Waals surface area contributed by atoms with Crippen molar-refractivity contribution in [2.24, 2.45) is 4.99 Å². The van der Waals surface area contributed by atoms with Gasteiger partial charge in [-0.2, -0.15) is 4.99 Å². The van der Waals surface area contributed by atoms with E-state index < -0.39 is 0 Å². The molecule has 0 bridgehead atoms. The number of benzene rings is 2. The van der Waals surface area contributed by atoms with Crippen LogP contribution in [0, 0.1) is 19.3 Å². The van der Waals surface area contributed by atoms with Gasteiger partial charge in [-0.15, -0.1) is 6.42 Å². The Labute approximate surface area is 152 Å². The minimum absolute atomic E-state index is 0.171. The van der Waals surface area contributed by atoms with E-state index in [0.29, 0.717) is 11.3 Å². The minimum atomic E-state index is -0.171. The molecule has 1 heterocycles. The van der Waals surface area contributed by atoms with Gasteiger partial charge in [-0.1, -0.05) is 63.0 Å². The molecule has 0 atom stereocenters. The number of halogens is 1. The fourth-order valence-electron chi connectivity index (χ4n) is 2.40. The number of amides is 1. The molecule has 0 fully saturated rings. The van der Waals surface area contributed by atoms with E-state index in [9.17, 15) is 4.79 Å². The first-order valence-corrected chi connectivity index (χ1v) is 9.03. The highest BCUT2D eigenvalue weighted by Gasteiger charge is 2.08. The summed E-state index contributed by atoms with van der Waals surface area (Å²) in [6.45, 7) is 2.41. The molecule has 0 saturated carbocycles. The van der Waals surface area contributed by atoms with Crippen LogP contribution in [0.15, 0.2) is 51.9 Å². The smallest absolute Gasteiger partial charge is 0.252 e. The van der Waals surface area contributed by atoms with E-state index in [1.807, 2.05) is 54.0 Å². The quantitative estimate of drug-likeness (QED) is 0.612. The predicted molar refractivity (Wildman–Crippen MR) is 102 cm³/mol. The number of carbonyl (C=O) groups excluding carboxylic acids is 1. The van der Waals surface area contributed by atoms with Gasteiger partial charge in [0.25, 0.3) is 5.91 Å². The van der Waals surface area contributed by atoms with Crippen LogP contribution in [0.4, 0.5) is 0 Å². The maximum absolute atomic E-state index is 12.3. The van der Waals surface area contributed by atoms with Crippen LogP contribution in [0.25, 0.3) is 10.2 Å². The molecule has 0 spiro atoms. The Balaban J connectivity index is 1.99. The topological polar surface area (TPSA) is 34.4 Å². The largest absolute Gasteiger partial charge is 0.305 e. The first kappa shape index (κ1) is 16.7. The molecule has 3 aromatic rings. The van der Waals surface area contributed by atoms with Gasteiger partial charge in [-0.05, 0) is 30.7 Å². The zero-order valence-electron chi connectivity index (χ0n) is 13.1. The van der Waals surface area contributed by atoms with E-state index in [4.69, 9.17) is 6.42 Å². The van der Waals surface area contributed by atoms with Crippen molar-refractivity contribution in [3.05, 3.63) is 62.9 Å². The van der Waals surface area contributed by atoms with Crippen LogP contribution in [0.3, 0.4) is 0 Å². The molecule has 0 aliphatic heterocycles. The van der Waals surface area contributed by atoms with Crippen molar-refractivity contribution in [3.63, 3.8) is 0 Å². The Morgan fingerprint density at radius 1 is 1.29 bits per heavy atom. The van der Waals surface area contributed by atoms with Gasteiger partial charge in [0.05, 0.1) is 23.2 Å². The van der Waals surface area contributed by atoms with E-state index >= 15 is 0 Å². The summed E-state index contributed by atoms with van der Waals surface area (Å²) in [5, 5.41) is 0. The third kappa shape index (κ3) is 3.66. The van der Waals surface area contributed by atoms with E-state index in [1.165, 1.54) is 16.9 Å². The summed E-state index contributed by atoms with van der Waals surface area (Å²) in [5.41, 5.74) is 3.12. The average Bonchev–Trinajstić information content (AvgIpc) is 2.86. The second-order valence-corrected chi connectivity index (χ2v) is 7.38. The molecular weight excluding hydrogens is 384 g/mol. The molecule has 0 radical (unpaired) electrons. The summed E-state index contributed by atoms with van der Waals surface area (Å²) in [7, 11) is 0. The minimum Gasteiger partial charge on any atom is -0.305 e. The van der Waals surface area contributed by atoms with Crippen LogP contribution in [0.2, 0.25) is 0 Å². The third-order valence-electron chi connectivity index (χ3n) is 3.59. The molecule has 24 heavy (non-hydrogen) atoms. The van der Waals surface area contributed by atoms with Crippen LogP contribution in [0.1, 0.15) is 11.1 Å². The zero-order valence-corrected chi connectivity index (χ0v) is 15.5. The van der Waals surface area contributed by atoms with Gasteiger partial charge < -0.3 is 4.57 Å². The summed E-state index contributed by atoms with van der Waals surface area (Å²) >= 11 is 4.93. The molecule has 0 aliphatic carbocycles. The SMILES string of the molecule is C#CCn1c(=NC(=O)Cc2ccc(C)cc2)sc2cc(Br)ccc21. The van der Waals surface area contributed by atoms with Gasteiger partial charge in [0.15, 0.2) is 4.80 Å². The van der Waals surface area contributed by atoms with Gasteiger partial charge >= 0.3 is 0 Å². The van der Waals surface area contributed by atoms with Crippen molar-refractivity contribution in [1.82, 2.24) is 4.57 Å². The van der Waals surface area contributed by atoms with Gasteiger partial charge in [-0.25, -0.2) is 0 Å². The standard InChI is InChI=1S/C19H15BrN2OS/c1-3-10-22-16-9-8-15(20)12-17(16)24-19(22)21-18(23)11-14-6-4-13(2)5-7-14/h1,4-9,12H,10-11H2,2H3. The maximum Gasteiger partial charge on any atom is 0.252 e. The van der Waals surface area contributed by atoms with Crippen molar-refractivity contribution in [1.29, 1.82) is 0 Å². The molecule has 1 amide bonds. The van der Waals surface area contributed by atoms with Gasteiger partial charge in [0, 0.05) is 4.47 Å². The number of hydrogen-bond acceptors (Lipinski definition) is 2. The second kappa shape index (κ2) is 7.16. The van der Waals surface area contributed by atoms with Crippen LogP contribution in [-0.4, -0.2) is 10.5 Å². The van der Waals surface area contributed by atoms with Crippen molar-refractivity contribution < 1.29 is 4.79 Å². The molecule has 3 rings (SSSR count). The number of aromatic nitrogens is 1. The molecule has 1 aromatic heterocycles. The van der Waals surface area contributed by atoms with Crippen molar-refractivity contribution >= 4 is 43.4 Å². The molecule has 0 unspecified atom stereocenters. The summed E-state index contributed by atoms with van der Waals surface area (Å²) in [4.78, 5) is 17.3. The summed E-state index contributed by atoms with van der Waals surface area (Å²) in [6.07, 6.45) is 5.76. The Hall–Kier alpha value is -2.16. The Kier molecular flexibility index (Phi) is 4.98. The first-order valence-electron chi connectivity index (χ1n) is 7.42. The highest BCUT2D eigenvalue weighted by molar-refractivity contribution is 9.10. The molecule has 3 nitrogen and oxygen atoms in total. The number of fused-ring (bicyclic) bond motifs is 1.